The van der Waals surface area contributed by atoms with Gasteiger partial charge in [0, 0.05) is 5.56 Å². The van der Waals surface area contributed by atoms with Gasteiger partial charge in [-0.15, -0.1) is 0 Å². The number of hydrogen-bond donors (Lipinski definition) is 5. The van der Waals surface area contributed by atoms with E-state index in [1.165, 1.54) is 0 Å². The van der Waals surface area contributed by atoms with Crippen LogP contribution in [0, 0.1) is 0 Å². The number of aliphatic hydroxyl groups excluding tert-OH is 1. The van der Waals surface area contributed by atoms with Gasteiger partial charge in [-0.05, 0) is 12.5 Å². The summed E-state index contributed by atoms with van der Waals surface area (Å²) in [5.41, 5.74) is 0.387. The number of allylic oxidation sites excluding steroid dienone is 1. The zero-order chi connectivity index (χ0) is 14.7. The summed E-state index contributed by atoms with van der Waals surface area (Å²) in [4.78, 5) is 35.6. The Balaban J connectivity index is 2.95. The van der Waals surface area contributed by atoms with E-state index in [1.807, 2.05) is 0 Å². The van der Waals surface area contributed by atoms with Crippen LogP contribution in [0.2, 0.25) is 0 Å². The molecular weight excluding hydrogens is 294 g/mol. The summed E-state index contributed by atoms with van der Waals surface area (Å²) in [7, 11) is -9.93. The Kier molecular flexibility index (Phi) is 5.10. The quantitative estimate of drug-likeness (QED) is 0.412. The molecule has 1 aromatic rings. The summed E-state index contributed by atoms with van der Waals surface area (Å²) >= 11 is 0. The fourth-order valence-electron chi connectivity index (χ4n) is 1.41. The van der Waals surface area contributed by atoms with Crippen molar-refractivity contribution in [1.29, 1.82) is 0 Å². The number of hydrogen-bond acceptors (Lipinski definition) is 3. The zero-order valence-corrected chi connectivity index (χ0v) is 11.5. The monoisotopic (exact) mass is 308 g/mol. The molecule has 0 aromatic heterocycles. The summed E-state index contributed by atoms with van der Waals surface area (Å²) in [6, 6.07) is 8.10. The number of benzene rings is 1. The van der Waals surface area contributed by atoms with Crippen molar-refractivity contribution in [1.82, 2.24) is 0 Å². The highest BCUT2D eigenvalue weighted by molar-refractivity contribution is 7.70. The van der Waals surface area contributed by atoms with Crippen LogP contribution < -0.4 is 0 Å². The highest BCUT2D eigenvalue weighted by atomic mass is 31.2. The molecule has 0 saturated carbocycles. The van der Waals surface area contributed by atoms with Crippen LogP contribution in [0.15, 0.2) is 36.4 Å². The van der Waals surface area contributed by atoms with E-state index in [2.05, 4.69) is 0 Å². The Bertz CT molecular complexity index is 520. The molecule has 0 spiro atoms. The maximum absolute atomic E-state index is 11.0. The van der Waals surface area contributed by atoms with Gasteiger partial charge in [0.25, 0.3) is 0 Å². The molecule has 0 bridgehead atoms. The van der Waals surface area contributed by atoms with Gasteiger partial charge in [0.2, 0.25) is 0 Å². The van der Waals surface area contributed by atoms with Gasteiger partial charge in [0.05, 0.1) is 0 Å². The second kappa shape index (κ2) is 6.01. The molecule has 0 saturated heterocycles. The average molecular weight is 308 g/mol. The van der Waals surface area contributed by atoms with Gasteiger partial charge in [0.15, 0.2) is 5.40 Å². The molecular formula is C10H14O7P2. The Hall–Kier alpha value is -0.940. The molecule has 0 atom stereocenters. The van der Waals surface area contributed by atoms with E-state index in [0.717, 1.165) is 6.08 Å². The van der Waals surface area contributed by atoms with Crippen LogP contribution in [-0.2, 0) is 9.13 Å². The molecule has 19 heavy (non-hydrogen) atoms. The van der Waals surface area contributed by atoms with Crippen LogP contribution in [0.3, 0.4) is 0 Å². The van der Waals surface area contributed by atoms with E-state index >= 15 is 0 Å². The first-order chi connectivity index (χ1) is 8.62. The Morgan fingerprint density at radius 1 is 1.05 bits per heavy atom. The molecule has 0 heterocycles. The van der Waals surface area contributed by atoms with E-state index in [1.54, 1.807) is 30.3 Å². The number of aliphatic hydroxyl groups is 1. The van der Waals surface area contributed by atoms with Crippen LogP contribution in [0.25, 0.3) is 5.76 Å². The first-order valence-corrected chi connectivity index (χ1v) is 8.53. The number of rotatable bonds is 5. The van der Waals surface area contributed by atoms with Crippen molar-refractivity contribution < 1.29 is 33.8 Å². The molecule has 0 aliphatic rings. The van der Waals surface area contributed by atoms with E-state index in [-0.39, 0.29) is 5.76 Å². The van der Waals surface area contributed by atoms with Gasteiger partial charge in [-0.1, -0.05) is 30.3 Å². The van der Waals surface area contributed by atoms with Gasteiger partial charge >= 0.3 is 15.2 Å². The second-order valence-electron chi connectivity index (χ2n) is 3.85. The van der Waals surface area contributed by atoms with Crippen LogP contribution in [0.4, 0.5) is 0 Å². The summed E-state index contributed by atoms with van der Waals surface area (Å²) in [6.07, 6.45) is 0.355. The molecule has 5 N–H and O–H groups in total. The van der Waals surface area contributed by atoms with E-state index < -0.39 is 27.0 Å². The van der Waals surface area contributed by atoms with Crippen molar-refractivity contribution in [2.75, 3.05) is 0 Å². The third-order valence-electron chi connectivity index (χ3n) is 2.37. The molecule has 9 heteroatoms. The standard InChI is InChI=1S/C10H14O7P2/c11-9(8-4-2-1-3-5-8)6-7-10(18(12,13)14)19(15,16)17/h1-6,10-11H,7H2,(H2,12,13,14)(H2,15,16,17). The lowest BCUT2D eigenvalue weighted by Crippen LogP contribution is -2.08. The molecule has 0 radical (unpaired) electrons. The molecule has 0 aliphatic heterocycles. The van der Waals surface area contributed by atoms with Crippen LogP contribution >= 0.6 is 15.2 Å². The zero-order valence-electron chi connectivity index (χ0n) is 9.70. The fraction of sp³-hybridized carbons (Fsp3) is 0.200. The van der Waals surface area contributed by atoms with Crippen molar-refractivity contribution in [2.45, 2.75) is 11.8 Å². The lowest BCUT2D eigenvalue weighted by atomic mass is 10.2. The van der Waals surface area contributed by atoms with Crippen molar-refractivity contribution in [3.8, 4) is 0 Å². The third-order valence-corrected chi connectivity index (χ3v) is 6.15. The fourth-order valence-corrected chi connectivity index (χ4v) is 3.74. The van der Waals surface area contributed by atoms with Crippen LogP contribution in [0.5, 0.6) is 0 Å². The third kappa shape index (κ3) is 4.91. The second-order valence-corrected chi connectivity index (χ2v) is 7.86. The SMILES string of the molecule is O=P(O)(O)C(CC=C(O)c1ccccc1)P(=O)(O)O. The van der Waals surface area contributed by atoms with Crippen LogP contribution in [0.1, 0.15) is 12.0 Å². The Morgan fingerprint density at radius 3 is 1.95 bits per heavy atom. The first-order valence-electron chi connectivity index (χ1n) is 5.17. The minimum atomic E-state index is -4.96. The average Bonchev–Trinajstić information content (AvgIpc) is 2.26. The van der Waals surface area contributed by atoms with Crippen molar-refractivity contribution in [3.05, 3.63) is 42.0 Å². The molecule has 1 aromatic carbocycles. The van der Waals surface area contributed by atoms with E-state index in [9.17, 15) is 14.2 Å². The molecule has 0 aliphatic carbocycles. The summed E-state index contributed by atoms with van der Waals surface area (Å²) in [5.74, 6) is -0.299. The Morgan fingerprint density at radius 2 is 1.53 bits per heavy atom. The highest BCUT2D eigenvalue weighted by Crippen LogP contribution is 2.61. The van der Waals surface area contributed by atoms with Crippen molar-refractivity contribution in [3.63, 3.8) is 0 Å². The summed E-state index contributed by atoms with van der Waals surface area (Å²) in [5, 5.41) is 7.51. The molecule has 0 amide bonds. The predicted molar refractivity (Wildman–Crippen MR) is 69.5 cm³/mol. The van der Waals surface area contributed by atoms with Crippen molar-refractivity contribution >= 4 is 21.0 Å². The largest absolute Gasteiger partial charge is 0.508 e. The minimum absolute atomic E-state index is 0.299. The topological polar surface area (TPSA) is 135 Å². The summed E-state index contributed by atoms with van der Waals surface area (Å²) in [6.45, 7) is 0. The maximum Gasteiger partial charge on any atom is 0.341 e. The smallest absolute Gasteiger partial charge is 0.341 e. The van der Waals surface area contributed by atoms with Gasteiger partial charge in [-0.2, -0.15) is 0 Å². The van der Waals surface area contributed by atoms with Gasteiger partial charge in [-0.3, -0.25) is 9.13 Å². The maximum atomic E-state index is 11.0. The molecule has 106 valence electrons. The molecule has 0 unspecified atom stereocenters. The lowest BCUT2D eigenvalue weighted by Gasteiger charge is -2.17. The first kappa shape index (κ1) is 16.1. The molecule has 7 nitrogen and oxygen atoms in total. The molecule has 1 rings (SSSR count). The minimum Gasteiger partial charge on any atom is -0.508 e. The van der Waals surface area contributed by atoms with E-state index in [4.69, 9.17) is 19.6 Å². The molecule has 0 fully saturated rings. The van der Waals surface area contributed by atoms with Gasteiger partial charge in [0.1, 0.15) is 5.76 Å². The Labute approximate surface area is 109 Å². The predicted octanol–water partition coefficient (Wildman–Crippen LogP) is 1.66. The van der Waals surface area contributed by atoms with Crippen molar-refractivity contribution in [2.24, 2.45) is 0 Å². The van der Waals surface area contributed by atoms with E-state index in [0.29, 0.717) is 5.56 Å². The normalized spacial score (nSPS) is 13.8. The van der Waals surface area contributed by atoms with Crippen LogP contribution in [-0.4, -0.2) is 30.1 Å². The highest BCUT2D eigenvalue weighted by Gasteiger charge is 2.42. The van der Waals surface area contributed by atoms with Gasteiger partial charge in [-0.25, -0.2) is 0 Å². The summed E-state index contributed by atoms with van der Waals surface area (Å²) < 4.78 is 22.0. The van der Waals surface area contributed by atoms with Gasteiger partial charge < -0.3 is 24.7 Å². The lowest BCUT2D eigenvalue weighted by molar-refractivity contribution is 0.338.